The number of anilines is 1. The zero-order chi connectivity index (χ0) is 23.2. The van der Waals surface area contributed by atoms with Crippen molar-refractivity contribution in [2.45, 2.75) is 68.6 Å². The number of aromatic hydroxyl groups is 1. The van der Waals surface area contributed by atoms with Crippen molar-refractivity contribution in [3.05, 3.63) is 53.1 Å². The topological polar surface area (TPSA) is 77.9 Å². The van der Waals surface area contributed by atoms with Gasteiger partial charge in [0, 0.05) is 30.7 Å². The number of hydrogen-bond acceptors (Lipinski definition) is 4. The maximum Gasteiger partial charge on any atom is 0.262 e. The minimum Gasteiger partial charge on any atom is -0.507 e. The Bertz CT molecular complexity index is 1180. The average molecular weight is 469 g/mol. The summed E-state index contributed by atoms with van der Waals surface area (Å²) in [6.07, 6.45) is 8.30. The van der Waals surface area contributed by atoms with Crippen molar-refractivity contribution in [3.63, 3.8) is 0 Å². The van der Waals surface area contributed by atoms with E-state index in [1.807, 2.05) is 12.1 Å². The van der Waals surface area contributed by atoms with Crippen LogP contribution in [0.5, 0.6) is 5.75 Å². The number of aryl methyl sites for hydroxylation is 1. The molecule has 2 fully saturated rings. The lowest BCUT2D eigenvalue weighted by Gasteiger charge is -2.34. The molecule has 1 saturated heterocycles. The smallest absolute Gasteiger partial charge is 0.262 e. The number of carbonyl (C=O) groups is 1. The van der Waals surface area contributed by atoms with Crippen LogP contribution in [-0.2, 0) is 15.4 Å². The van der Waals surface area contributed by atoms with Crippen LogP contribution in [-0.4, -0.2) is 43.4 Å². The van der Waals surface area contributed by atoms with Crippen molar-refractivity contribution in [1.82, 2.24) is 4.31 Å². The van der Waals surface area contributed by atoms with E-state index in [0.29, 0.717) is 19.6 Å². The molecule has 1 spiro atoms. The first kappa shape index (κ1) is 22.4. The lowest BCUT2D eigenvalue weighted by molar-refractivity contribution is 0.0979. The third-order valence-corrected chi connectivity index (χ3v) is 9.58. The molecule has 1 N–H and O–H groups in total. The molecule has 2 aromatic carbocycles. The summed E-state index contributed by atoms with van der Waals surface area (Å²) in [6.45, 7) is 3.64. The largest absolute Gasteiger partial charge is 0.507 e. The van der Waals surface area contributed by atoms with Crippen LogP contribution in [0.2, 0.25) is 0 Å². The van der Waals surface area contributed by atoms with Gasteiger partial charge >= 0.3 is 0 Å². The highest BCUT2D eigenvalue weighted by Gasteiger charge is 2.45. The van der Waals surface area contributed by atoms with Gasteiger partial charge in [-0.2, -0.15) is 4.31 Å². The lowest BCUT2D eigenvalue weighted by atomic mass is 9.70. The average Bonchev–Trinajstić information content (AvgIpc) is 3.12. The van der Waals surface area contributed by atoms with Gasteiger partial charge < -0.3 is 10.0 Å². The van der Waals surface area contributed by atoms with E-state index in [0.717, 1.165) is 50.6 Å². The Morgan fingerprint density at radius 3 is 2.36 bits per heavy atom. The summed E-state index contributed by atoms with van der Waals surface area (Å²) in [5.74, 6) is -0.522. The summed E-state index contributed by atoms with van der Waals surface area (Å²) in [7, 11) is -3.70. The van der Waals surface area contributed by atoms with Gasteiger partial charge in [-0.15, -0.1) is 0 Å². The van der Waals surface area contributed by atoms with E-state index in [2.05, 4.69) is 13.0 Å². The van der Waals surface area contributed by atoms with Crippen molar-refractivity contribution < 1.29 is 18.3 Å². The van der Waals surface area contributed by atoms with E-state index < -0.39 is 10.0 Å². The Kier molecular flexibility index (Phi) is 5.73. The van der Waals surface area contributed by atoms with E-state index in [-0.39, 0.29) is 27.5 Å². The molecule has 2 aromatic rings. The molecule has 0 radical (unpaired) electrons. The van der Waals surface area contributed by atoms with Crippen LogP contribution in [0.1, 0.15) is 72.9 Å². The van der Waals surface area contributed by atoms with Crippen molar-refractivity contribution in [2.24, 2.45) is 0 Å². The van der Waals surface area contributed by atoms with Crippen molar-refractivity contribution >= 4 is 21.6 Å². The zero-order valence-electron chi connectivity index (χ0n) is 19.2. The minimum atomic E-state index is -3.70. The highest BCUT2D eigenvalue weighted by Crippen LogP contribution is 2.50. The zero-order valence-corrected chi connectivity index (χ0v) is 20.0. The quantitative estimate of drug-likeness (QED) is 0.706. The Balaban J connectivity index is 1.52. The molecule has 2 aliphatic heterocycles. The number of hydrogen-bond donors (Lipinski definition) is 1. The Morgan fingerprint density at radius 1 is 0.939 bits per heavy atom. The second kappa shape index (κ2) is 8.44. The van der Waals surface area contributed by atoms with Gasteiger partial charge in [-0.05, 0) is 62.4 Å². The summed E-state index contributed by atoms with van der Waals surface area (Å²) in [5.41, 5.74) is 3.27. The Labute approximate surface area is 196 Å². The van der Waals surface area contributed by atoms with E-state index in [9.17, 15) is 18.3 Å². The predicted octanol–water partition coefficient (Wildman–Crippen LogP) is 4.74. The number of fused-ring (bicyclic) bond motifs is 2. The highest BCUT2D eigenvalue weighted by molar-refractivity contribution is 7.89. The molecule has 1 saturated carbocycles. The number of piperidine rings is 1. The fourth-order valence-electron chi connectivity index (χ4n) is 5.87. The predicted molar refractivity (Wildman–Crippen MR) is 128 cm³/mol. The number of nitrogens with zero attached hydrogens (tertiary/aromatic N) is 2. The van der Waals surface area contributed by atoms with Gasteiger partial charge in [0.05, 0.1) is 10.5 Å². The van der Waals surface area contributed by atoms with Crippen molar-refractivity contribution in [2.75, 3.05) is 24.5 Å². The Morgan fingerprint density at radius 2 is 1.64 bits per heavy atom. The lowest BCUT2D eigenvalue weighted by Crippen LogP contribution is -2.38. The monoisotopic (exact) mass is 468 g/mol. The first-order chi connectivity index (χ1) is 15.8. The number of benzene rings is 2. The molecule has 5 rings (SSSR count). The summed E-state index contributed by atoms with van der Waals surface area (Å²) in [4.78, 5) is 15.6. The molecule has 2 heterocycles. The van der Waals surface area contributed by atoms with Gasteiger partial charge in [0.2, 0.25) is 10.0 Å². The number of phenolic OH excluding ortho intramolecular Hbond substituents is 1. The SMILES string of the molecule is Cc1ccc2c(c1)C1(CCCCC1)CN2C(=O)c1cc(S(=O)(=O)N2CCCCC2)ccc1O. The summed E-state index contributed by atoms with van der Waals surface area (Å²) in [6, 6.07) is 10.3. The fourth-order valence-corrected chi connectivity index (χ4v) is 7.41. The molecule has 1 amide bonds. The third-order valence-electron chi connectivity index (χ3n) is 7.68. The molecule has 3 aliphatic rings. The highest BCUT2D eigenvalue weighted by atomic mass is 32.2. The molecule has 0 unspecified atom stereocenters. The van der Waals surface area contributed by atoms with Crippen LogP contribution in [0.3, 0.4) is 0 Å². The second-order valence-electron chi connectivity index (χ2n) is 9.90. The van der Waals surface area contributed by atoms with E-state index >= 15 is 0 Å². The molecule has 0 bridgehead atoms. The molecule has 176 valence electrons. The summed E-state index contributed by atoms with van der Waals surface area (Å²) in [5, 5.41) is 10.6. The number of carbonyl (C=O) groups excluding carboxylic acids is 1. The Hall–Kier alpha value is -2.38. The molecular weight excluding hydrogens is 436 g/mol. The molecule has 7 heteroatoms. The van der Waals surface area contributed by atoms with Gasteiger partial charge in [-0.1, -0.05) is 43.4 Å². The summed E-state index contributed by atoms with van der Waals surface area (Å²) >= 11 is 0. The number of amides is 1. The molecular formula is C26H32N2O4S. The molecule has 0 aromatic heterocycles. The van der Waals surface area contributed by atoms with Crippen LogP contribution in [0, 0.1) is 6.92 Å². The molecule has 33 heavy (non-hydrogen) atoms. The van der Waals surface area contributed by atoms with E-state index in [4.69, 9.17) is 0 Å². The number of rotatable bonds is 3. The van der Waals surface area contributed by atoms with Crippen LogP contribution in [0.15, 0.2) is 41.3 Å². The molecule has 0 atom stereocenters. The number of sulfonamides is 1. The number of phenols is 1. The first-order valence-electron chi connectivity index (χ1n) is 12.1. The molecule has 6 nitrogen and oxygen atoms in total. The van der Waals surface area contributed by atoms with Gasteiger partial charge in [0.25, 0.3) is 5.91 Å². The first-order valence-corrected chi connectivity index (χ1v) is 13.5. The summed E-state index contributed by atoms with van der Waals surface area (Å²) < 4.78 is 27.9. The third kappa shape index (κ3) is 3.85. The van der Waals surface area contributed by atoms with E-state index in [1.165, 1.54) is 40.1 Å². The van der Waals surface area contributed by atoms with Crippen LogP contribution >= 0.6 is 0 Å². The second-order valence-corrected chi connectivity index (χ2v) is 11.8. The maximum atomic E-state index is 13.8. The molecule has 1 aliphatic carbocycles. The fraction of sp³-hybridized carbons (Fsp3) is 0.500. The minimum absolute atomic E-state index is 0.0486. The van der Waals surface area contributed by atoms with Crippen molar-refractivity contribution in [3.8, 4) is 5.75 Å². The normalized spacial score (nSPS) is 20.7. The van der Waals surface area contributed by atoms with Crippen LogP contribution in [0.4, 0.5) is 5.69 Å². The van der Waals surface area contributed by atoms with Gasteiger partial charge in [0.15, 0.2) is 0 Å². The van der Waals surface area contributed by atoms with Gasteiger partial charge in [-0.3, -0.25) is 4.79 Å². The van der Waals surface area contributed by atoms with Crippen molar-refractivity contribution in [1.29, 1.82) is 0 Å². The van der Waals surface area contributed by atoms with Gasteiger partial charge in [-0.25, -0.2) is 8.42 Å². The van der Waals surface area contributed by atoms with E-state index in [1.54, 1.807) is 4.90 Å². The maximum absolute atomic E-state index is 13.8. The van der Waals surface area contributed by atoms with Gasteiger partial charge in [0.1, 0.15) is 5.75 Å². The van der Waals surface area contributed by atoms with Crippen LogP contribution < -0.4 is 4.90 Å². The van der Waals surface area contributed by atoms with Crippen LogP contribution in [0.25, 0.3) is 0 Å². The standard InChI is InChI=1S/C26H32N2O4S/c1-19-8-10-23-22(16-19)26(12-4-2-5-13-26)18-28(23)25(30)21-17-20(9-11-24(21)29)33(31,32)27-14-6-3-7-15-27/h8-11,16-17,29H,2-7,12-15,18H2,1H3.